The standard InChI is InChI=1S/C19H22O7S/c1-13-7-9-15(10-8-13)27(22,23)26-18-17(21)16(20)12-25-19(18)24-11-14-5-3-2-4-6-14/h2-10,16-21H,11-12H2,1H3/t16-,17+,18+,19+/m1/s1. The third-order valence-electron chi connectivity index (χ3n) is 4.23. The monoisotopic (exact) mass is 394 g/mol. The van der Waals surface area contributed by atoms with Gasteiger partial charge in [-0.3, -0.25) is 4.18 Å². The van der Waals surface area contributed by atoms with Crippen molar-refractivity contribution in [2.75, 3.05) is 6.61 Å². The SMILES string of the molecule is Cc1ccc(S(=O)(=O)O[C@@H]2[C@@H](OCc3ccccc3)OC[C@@H](O)[C@@H]2O)cc1. The van der Waals surface area contributed by atoms with E-state index >= 15 is 0 Å². The molecule has 0 spiro atoms. The van der Waals surface area contributed by atoms with Crippen LogP contribution in [0.1, 0.15) is 11.1 Å². The molecule has 27 heavy (non-hydrogen) atoms. The Morgan fingerprint density at radius 2 is 1.74 bits per heavy atom. The molecule has 0 amide bonds. The lowest BCUT2D eigenvalue weighted by atomic mass is 10.1. The molecule has 1 saturated heterocycles. The molecule has 0 aromatic heterocycles. The van der Waals surface area contributed by atoms with Crippen LogP contribution < -0.4 is 0 Å². The van der Waals surface area contributed by atoms with E-state index in [9.17, 15) is 18.6 Å². The number of aliphatic hydroxyl groups is 2. The molecule has 3 rings (SSSR count). The maximum absolute atomic E-state index is 12.6. The molecule has 2 aromatic carbocycles. The summed E-state index contributed by atoms with van der Waals surface area (Å²) < 4.78 is 41.3. The number of rotatable bonds is 6. The van der Waals surface area contributed by atoms with Gasteiger partial charge >= 0.3 is 0 Å². The molecular formula is C19H22O7S. The van der Waals surface area contributed by atoms with E-state index in [0.717, 1.165) is 11.1 Å². The van der Waals surface area contributed by atoms with Gasteiger partial charge in [-0.25, -0.2) is 0 Å². The Morgan fingerprint density at radius 1 is 1.07 bits per heavy atom. The first kappa shape index (κ1) is 19.9. The summed E-state index contributed by atoms with van der Waals surface area (Å²) in [4.78, 5) is -0.0535. The number of hydrogen-bond acceptors (Lipinski definition) is 7. The van der Waals surface area contributed by atoms with Crippen LogP contribution in [0.2, 0.25) is 0 Å². The van der Waals surface area contributed by atoms with E-state index in [2.05, 4.69) is 0 Å². The highest BCUT2D eigenvalue weighted by molar-refractivity contribution is 7.86. The summed E-state index contributed by atoms with van der Waals surface area (Å²) in [6.45, 7) is 1.78. The Hall–Kier alpha value is -1.81. The highest BCUT2D eigenvalue weighted by Gasteiger charge is 2.43. The van der Waals surface area contributed by atoms with E-state index in [1.807, 2.05) is 37.3 Å². The van der Waals surface area contributed by atoms with Gasteiger partial charge in [-0.1, -0.05) is 48.0 Å². The number of ether oxygens (including phenoxy) is 2. The minimum Gasteiger partial charge on any atom is -0.388 e. The summed E-state index contributed by atoms with van der Waals surface area (Å²) in [5, 5.41) is 20.1. The van der Waals surface area contributed by atoms with Crippen molar-refractivity contribution in [3.8, 4) is 0 Å². The molecule has 0 saturated carbocycles. The molecule has 2 N–H and O–H groups in total. The van der Waals surface area contributed by atoms with Crippen LogP contribution in [0.5, 0.6) is 0 Å². The molecule has 0 aliphatic carbocycles. The largest absolute Gasteiger partial charge is 0.388 e. The van der Waals surface area contributed by atoms with Crippen molar-refractivity contribution < 1.29 is 32.3 Å². The fraction of sp³-hybridized carbons (Fsp3) is 0.368. The van der Waals surface area contributed by atoms with Gasteiger partial charge in [-0.15, -0.1) is 0 Å². The molecule has 1 heterocycles. The summed E-state index contributed by atoms with van der Waals surface area (Å²) in [5.41, 5.74) is 1.75. The van der Waals surface area contributed by atoms with Gasteiger partial charge in [0.05, 0.1) is 18.1 Å². The summed E-state index contributed by atoms with van der Waals surface area (Å²) in [6.07, 6.45) is -5.30. The minimum atomic E-state index is -4.18. The Kier molecular flexibility index (Phi) is 6.25. The third-order valence-corrected chi connectivity index (χ3v) is 5.56. The van der Waals surface area contributed by atoms with Gasteiger partial charge in [-0.05, 0) is 24.6 Å². The van der Waals surface area contributed by atoms with Gasteiger partial charge in [0.25, 0.3) is 10.1 Å². The molecule has 0 bridgehead atoms. The summed E-state index contributed by atoms with van der Waals surface area (Å²) in [6, 6.07) is 15.3. The van der Waals surface area contributed by atoms with Crippen LogP contribution in [-0.4, -0.2) is 49.8 Å². The molecule has 1 aliphatic rings. The van der Waals surface area contributed by atoms with E-state index in [4.69, 9.17) is 13.7 Å². The average molecular weight is 394 g/mol. The highest BCUT2D eigenvalue weighted by Crippen LogP contribution is 2.25. The lowest BCUT2D eigenvalue weighted by molar-refractivity contribution is -0.266. The molecule has 8 heteroatoms. The zero-order chi connectivity index (χ0) is 19.4. The first-order chi connectivity index (χ1) is 12.9. The minimum absolute atomic E-state index is 0.0535. The van der Waals surface area contributed by atoms with Crippen molar-refractivity contribution in [2.24, 2.45) is 0 Å². The molecule has 0 unspecified atom stereocenters. The van der Waals surface area contributed by atoms with Crippen molar-refractivity contribution in [3.63, 3.8) is 0 Å². The van der Waals surface area contributed by atoms with E-state index < -0.39 is 34.7 Å². The van der Waals surface area contributed by atoms with Crippen LogP contribution >= 0.6 is 0 Å². The van der Waals surface area contributed by atoms with Gasteiger partial charge in [0.2, 0.25) is 0 Å². The third kappa shape index (κ3) is 4.92. The Labute approximate surface area is 158 Å². The predicted octanol–water partition coefficient (Wildman–Crippen LogP) is 1.36. The summed E-state index contributed by atoms with van der Waals surface area (Å²) >= 11 is 0. The van der Waals surface area contributed by atoms with Crippen molar-refractivity contribution in [1.82, 2.24) is 0 Å². The van der Waals surface area contributed by atoms with Crippen molar-refractivity contribution >= 4 is 10.1 Å². The van der Waals surface area contributed by atoms with Gasteiger partial charge in [0.15, 0.2) is 12.4 Å². The lowest BCUT2D eigenvalue weighted by Gasteiger charge is -2.37. The molecule has 146 valence electrons. The van der Waals surface area contributed by atoms with Gasteiger partial charge < -0.3 is 19.7 Å². The quantitative estimate of drug-likeness (QED) is 0.713. The number of hydrogen-bond donors (Lipinski definition) is 2. The highest BCUT2D eigenvalue weighted by atomic mass is 32.2. The van der Waals surface area contributed by atoms with E-state index in [-0.39, 0.29) is 18.1 Å². The summed E-state index contributed by atoms with van der Waals surface area (Å²) in [7, 11) is -4.18. The number of benzene rings is 2. The second-order valence-corrected chi connectivity index (χ2v) is 7.96. The summed E-state index contributed by atoms with van der Waals surface area (Å²) in [5.74, 6) is 0. The Morgan fingerprint density at radius 3 is 2.41 bits per heavy atom. The van der Waals surface area contributed by atoms with Gasteiger partial charge in [-0.2, -0.15) is 8.42 Å². The average Bonchev–Trinajstić information content (AvgIpc) is 2.66. The van der Waals surface area contributed by atoms with Gasteiger partial charge in [0, 0.05) is 0 Å². The van der Waals surface area contributed by atoms with Crippen LogP contribution in [0.15, 0.2) is 59.5 Å². The second kappa shape index (κ2) is 8.47. The van der Waals surface area contributed by atoms with E-state index in [1.165, 1.54) is 12.1 Å². The fourth-order valence-electron chi connectivity index (χ4n) is 2.67. The molecule has 2 aromatic rings. The van der Waals surface area contributed by atoms with Gasteiger partial charge in [0.1, 0.15) is 12.2 Å². The first-order valence-corrected chi connectivity index (χ1v) is 9.91. The van der Waals surface area contributed by atoms with Crippen molar-refractivity contribution in [2.45, 2.75) is 43.0 Å². The first-order valence-electron chi connectivity index (χ1n) is 8.50. The normalized spacial score (nSPS) is 26.0. The van der Waals surface area contributed by atoms with Crippen LogP contribution in [0.4, 0.5) is 0 Å². The molecular weight excluding hydrogens is 372 g/mol. The van der Waals surface area contributed by atoms with Crippen LogP contribution in [0.3, 0.4) is 0 Å². The van der Waals surface area contributed by atoms with Crippen LogP contribution in [0, 0.1) is 6.92 Å². The molecule has 7 nitrogen and oxygen atoms in total. The van der Waals surface area contributed by atoms with Crippen molar-refractivity contribution in [3.05, 3.63) is 65.7 Å². The molecule has 0 radical (unpaired) electrons. The molecule has 4 atom stereocenters. The van der Waals surface area contributed by atoms with E-state index in [0.29, 0.717) is 0 Å². The fourth-order valence-corrected chi connectivity index (χ4v) is 3.75. The van der Waals surface area contributed by atoms with Crippen LogP contribution in [0.25, 0.3) is 0 Å². The zero-order valence-electron chi connectivity index (χ0n) is 14.8. The lowest BCUT2D eigenvalue weighted by Crippen LogP contribution is -2.55. The second-order valence-electron chi connectivity index (χ2n) is 6.38. The Bertz CT molecular complexity index is 836. The smallest absolute Gasteiger partial charge is 0.297 e. The topological polar surface area (TPSA) is 102 Å². The zero-order valence-corrected chi connectivity index (χ0v) is 15.6. The maximum Gasteiger partial charge on any atom is 0.297 e. The van der Waals surface area contributed by atoms with Crippen LogP contribution in [-0.2, 0) is 30.4 Å². The Balaban J connectivity index is 1.76. The molecule has 1 fully saturated rings. The van der Waals surface area contributed by atoms with E-state index in [1.54, 1.807) is 12.1 Å². The number of aliphatic hydroxyl groups excluding tert-OH is 2. The number of aryl methyl sites for hydroxylation is 1. The maximum atomic E-state index is 12.6. The molecule has 1 aliphatic heterocycles. The predicted molar refractivity (Wildman–Crippen MR) is 96.2 cm³/mol. The van der Waals surface area contributed by atoms with Crippen molar-refractivity contribution in [1.29, 1.82) is 0 Å².